The Morgan fingerprint density at radius 3 is 2.70 bits per heavy atom. The van der Waals surface area contributed by atoms with Crippen molar-refractivity contribution in [2.24, 2.45) is 10.4 Å². The van der Waals surface area contributed by atoms with Gasteiger partial charge in [-0.05, 0) is 57.2 Å². The Morgan fingerprint density at radius 1 is 1.23 bits per heavy atom. The third-order valence-electron chi connectivity index (χ3n) is 6.57. The van der Waals surface area contributed by atoms with Crippen molar-refractivity contribution >= 4 is 5.96 Å². The average molecular weight is 417 g/mol. The summed E-state index contributed by atoms with van der Waals surface area (Å²) in [5, 5.41) is 16.2. The zero-order chi connectivity index (χ0) is 21.2. The summed E-state index contributed by atoms with van der Waals surface area (Å²) in [5.74, 6) is 0.827. The van der Waals surface area contributed by atoms with E-state index in [-0.39, 0.29) is 12.0 Å². The SMILES string of the molecule is CCNC(=NCc1ccc(CN2CCCCC2C)cc1)NCC1(CCO)CCOC1. The van der Waals surface area contributed by atoms with Gasteiger partial charge in [-0.2, -0.15) is 0 Å². The lowest BCUT2D eigenvalue weighted by Crippen LogP contribution is -2.44. The summed E-state index contributed by atoms with van der Waals surface area (Å²) < 4.78 is 5.59. The van der Waals surface area contributed by atoms with Gasteiger partial charge in [0.2, 0.25) is 0 Å². The van der Waals surface area contributed by atoms with Gasteiger partial charge in [0, 0.05) is 44.3 Å². The topological polar surface area (TPSA) is 69.1 Å². The molecule has 168 valence electrons. The molecule has 1 aromatic rings. The van der Waals surface area contributed by atoms with Gasteiger partial charge in [-0.3, -0.25) is 4.90 Å². The van der Waals surface area contributed by atoms with Crippen LogP contribution in [-0.4, -0.2) is 61.5 Å². The van der Waals surface area contributed by atoms with Gasteiger partial charge in [-0.1, -0.05) is 30.7 Å². The predicted molar refractivity (Wildman–Crippen MR) is 123 cm³/mol. The minimum atomic E-state index is 0.0121. The number of rotatable bonds is 9. The molecule has 0 aromatic heterocycles. The molecule has 0 spiro atoms. The highest BCUT2D eigenvalue weighted by atomic mass is 16.5. The maximum absolute atomic E-state index is 9.42. The second kappa shape index (κ2) is 11.7. The summed E-state index contributed by atoms with van der Waals surface area (Å²) in [5.41, 5.74) is 2.61. The van der Waals surface area contributed by atoms with E-state index in [0.717, 1.165) is 45.0 Å². The van der Waals surface area contributed by atoms with Gasteiger partial charge in [0.15, 0.2) is 5.96 Å². The van der Waals surface area contributed by atoms with Crippen molar-refractivity contribution in [2.75, 3.05) is 39.5 Å². The van der Waals surface area contributed by atoms with Crippen molar-refractivity contribution in [2.45, 2.75) is 65.1 Å². The second-order valence-corrected chi connectivity index (χ2v) is 8.96. The summed E-state index contributed by atoms with van der Waals surface area (Å²) in [6.45, 7) is 10.6. The molecule has 2 aliphatic rings. The van der Waals surface area contributed by atoms with E-state index in [1.54, 1.807) is 0 Å². The Bertz CT molecular complexity index is 656. The molecule has 2 fully saturated rings. The van der Waals surface area contributed by atoms with Crippen LogP contribution in [0, 0.1) is 5.41 Å². The molecule has 0 aliphatic carbocycles. The third-order valence-corrected chi connectivity index (χ3v) is 6.57. The number of aliphatic hydroxyl groups excluding tert-OH is 1. The smallest absolute Gasteiger partial charge is 0.191 e. The number of guanidine groups is 1. The number of benzene rings is 1. The number of piperidine rings is 1. The van der Waals surface area contributed by atoms with Gasteiger partial charge in [0.25, 0.3) is 0 Å². The van der Waals surface area contributed by atoms with Crippen molar-refractivity contribution in [1.82, 2.24) is 15.5 Å². The maximum atomic E-state index is 9.42. The summed E-state index contributed by atoms with van der Waals surface area (Å²) >= 11 is 0. The number of aliphatic imine (C=N–C) groups is 1. The second-order valence-electron chi connectivity index (χ2n) is 8.96. The summed E-state index contributed by atoms with van der Waals surface area (Å²) in [7, 11) is 0. The number of ether oxygens (including phenoxy) is 1. The third kappa shape index (κ3) is 6.69. The Hall–Kier alpha value is -1.63. The number of likely N-dealkylation sites (tertiary alicyclic amines) is 1. The Balaban J connectivity index is 1.53. The lowest BCUT2D eigenvalue weighted by molar-refractivity contribution is 0.127. The molecule has 2 heterocycles. The fourth-order valence-electron chi connectivity index (χ4n) is 4.47. The molecule has 2 saturated heterocycles. The first-order chi connectivity index (χ1) is 14.6. The van der Waals surface area contributed by atoms with Crippen LogP contribution in [0.3, 0.4) is 0 Å². The molecule has 2 aliphatic heterocycles. The number of hydrogen-bond donors (Lipinski definition) is 3. The van der Waals surface area contributed by atoms with E-state index in [9.17, 15) is 5.11 Å². The molecular weight excluding hydrogens is 376 g/mol. The van der Waals surface area contributed by atoms with E-state index < -0.39 is 0 Å². The quantitative estimate of drug-likeness (QED) is 0.427. The molecule has 3 N–H and O–H groups in total. The molecule has 0 radical (unpaired) electrons. The van der Waals surface area contributed by atoms with Crippen LogP contribution < -0.4 is 10.6 Å². The average Bonchev–Trinajstić information content (AvgIpc) is 3.22. The molecule has 0 saturated carbocycles. The first-order valence-corrected chi connectivity index (χ1v) is 11.7. The van der Waals surface area contributed by atoms with E-state index >= 15 is 0 Å². The molecule has 3 rings (SSSR count). The van der Waals surface area contributed by atoms with Crippen LogP contribution in [-0.2, 0) is 17.8 Å². The van der Waals surface area contributed by atoms with Crippen molar-refractivity contribution < 1.29 is 9.84 Å². The van der Waals surface area contributed by atoms with Crippen LogP contribution >= 0.6 is 0 Å². The van der Waals surface area contributed by atoms with Crippen molar-refractivity contribution in [3.63, 3.8) is 0 Å². The monoisotopic (exact) mass is 416 g/mol. The van der Waals surface area contributed by atoms with Crippen molar-refractivity contribution in [3.8, 4) is 0 Å². The summed E-state index contributed by atoms with van der Waals surface area (Å²) in [6.07, 6.45) is 5.75. The highest BCUT2D eigenvalue weighted by Gasteiger charge is 2.34. The van der Waals surface area contributed by atoms with E-state index in [4.69, 9.17) is 9.73 Å². The minimum Gasteiger partial charge on any atom is -0.396 e. The zero-order valence-electron chi connectivity index (χ0n) is 18.8. The van der Waals surface area contributed by atoms with Gasteiger partial charge in [0.1, 0.15) is 0 Å². The zero-order valence-corrected chi connectivity index (χ0v) is 18.8. The van der Waals surface area contributed by atoms with Gasteiger partial charge >= 0.3 is 0 Å². The fourth-order valence-corrected chi connectivity index (χ4v) is 4.47. The Labute approximate surface area is 182 Å². The highest BCUT2D eigenvalue weighted by Crippen LogP contribution is 2.31. The van der Waals surface area contributed by atoms with Crippen LogP contribution in [0.15, 0.2) is 29.3 Å². The minimum absolute atomic E-state index is 0.0121. The van der Waals surface area contributed by atoms with Crippen LogP contribution in [0.5, 0.6) is 0 Å². The van der Waals surface area contributed by atoms with Gasteiger partial charge in [0.05, 0.1) is 13.2 Å². The van der Waals surface area contributed by atoms with E-state index in [0.29, 0.717) is 19.2 Å². The Morgan fingerprint density at radius 2 is 2.03 bits per heavy atom. The summed E-state index contributed by atoms with van der Waals surface area (Å²) in [6, 6.07) is 9.60. The largest absolute Gasteiger partial charge is 0.396 e. The number of aliphatic hydroxyl groups is 1. The molecule has 6 nitrogen and oxygen atoms in total. The van der Waals surface area contributed by atoms with E-state index in [2.05, 4.69) is 53.6 Å². The first-order valence-electron chi connectivity index (χ1n) is 11.7. The van der Waals surface area contributed by atoms with Gasteiger partial charge in [-0.25, -0.2) is 4.99 Å². The van der Waals surface area contributed by atoms with Crippen molar-refractivity contribution in [3.05, 3.63) is 35.4 Å². The highest BCUT2D eigenvalue weighted by molar-refractivity contribution is 5.79. The molecular formula is C24H40N4O2. The van der Waals surface area contributed by atoms with Crippen molar-refractivity contribution in [1.29, 1.82) is 0 Å². The number of nitrogens with one attached hydrogen (secondary N) is 2. The van der Waals surface area contributed by atoms with Crippen LogP contribution in [0.4, 0.5) is 0 Å². The fraction of sp³-hybridized carbons (Fsp3) is 0.708. The number of hydrogen-bond acceptors (Lipinski definition) is 4. The van der Waals surface area contributed by atoms with Gasteiger partial charge < -0.3 is 20.5 Å². The molecule has 2 unspecified atom stereocenters. The predicted octanol–water partition coefficient (Wildman–Crippen LogP) is 2.91. The maximum Gasteiger partial charge on any atom is 0.191 e. The Kier molecular flexibility index (Phi) is 8.97. The number of nitrogens with zero attached hydrogens (tertiary/aromatic N) is 2. The molecule has 2 atom stereocenters. The summed E-state index contributed by atoms with van der Waals surface area (Å²) in [4.78, 5) is 7.37. The lowest BCUT2D eigenvalue weighted by Gasteiger charge is -2.33. The van der Waals surface area contributed by atoms with E-state index in [1.807, 2.05) is 0 Å². The molecule has 0 amide bonds. The molecule has 1 aromatic carbocycles. The lowest BCUT2D eigenvalue weighted by atomic mass is 9.84. The van der Waals surface area contributed by atoms with Crippen LogP contribution in [0.2, 0.25) is 0 Å². The standard InChI is InChI=1S/C24H40N4O2/c1-3-25-23(27-18-24(11-14-29)12-15-30-19-24)26-16-21-7-9-22(10-8-21)17-28-13-5-4-6-20(28)2/h7-10,20,29H,3-6,11-19H2,1-2H3,(H2,25,26,27). The van der Waals surface area contributed by atoms with Crippen LogP contribution in [0.1, 0.15) is 57.1 Å². The first kappa shape index (κ1) is 23.0. The van der Waals surface area contributed by atoms with Gasteiger partial charge in [-0.15, -0.1) is 0 Å². The van der Waals surface area contributed by atoms with E-state index in [1.165, 1.54) is 36.9 Å². The normalized spacial score (nSPS) is 25.4. The molecule has 30 heavy (non-hydrogen) atoms. The van der Waals surface area contributed by atoms with Crippen LogP contribution in [0.25, 0.3) is 0 Å². The molecule has 0 bridgehead atoms. The molecule has 6 heteroatoms.